The monoisotopic (exact) mass is 423 g/mol. The molecule has 3 N–H and O–H groups in total. The lowest BCUT2D eigenvalue weighted by Gasteiger charge is -2.20. The number of para-hydroxylation sites is 1. The highest BCUT2D eigenvalue weighted by molar-refractivity contribution is 6.32. The number of anilines is 3. The number of nitrogens with one attached hydrogen (secondary N) is 3. The summed E-state index contributed by atoms with van der Waals surface area (Å²) in [5.41, 5.74) is 2.06. The largest absolute Gasteiger partial charge is 0.486 e. The molecule has 30 heavy (non-hydrogen) atoms. The summed E-state index contributed by atoms with van der Waals surface area (Å²) in [6.07, 6.45) is 0. The van der Waals surface area contributed by atoms with Crippen LogP contribution >= 0.6 is 11.6 Å². The highest BCUT2D eigenvalue weighted by Gasteiger charge is 2.19. The molecule has 7 nitrogen and oxygen atoms in total. The highest BCUT2D eigenvalue weighted by Crippen LogP contribution is 2.38. The molecule has 0 atom stereocenters. The molecule has 3 aromatic rings. The second kappa shape index (κ2) is 8.75. The predicted molar refractivity (Wildman–Crippen MR) is 116 cm³/mol. The molecule has 4 rings (SSSR count). The molecule has 152 valence electrons. The third-order valence-corrected chi connectivity index (χ3v) is 4.55. The number of hydrogen-bond donors (Lipinski definition) is 3. The van der Waals surface area contributed by atoms with Gasteiger partial charge in [0.15, 0.2) is 11.5 Å². The van der Waals surface area contributed by atoms with Gasteiger partial charge < -0.3 is 25.4 Å². The van der Waals surface area contributed by atoms with E-state index in [-0.39, 0.29) is 11.9 Å². The van der Waals surface area contributed by atoms with Crippen LogP contribution in [0, 0.1) is 0 Å². The highest BCUT2D eigenvalue weighted by atomic mass is 35.5. The SMILES string of the molecule is O=C(Nc1ccccc1)Nc1cccc(NC(=O)c2cc(Cl)c3c(c2)OCCO3)c1. The van der Waals surface area contributed by atoms with Crippen molar-refractivity contribution in [2.75, 3.05) is 29.2 Å². The van der Waals surface area contributed by atoms with Gasteiger partial charge in [0.25, 0.3) is 5.91 Å². The molecule has 1 heterocycles. The normalized spacial score (nSPS) is 12.0. The number of benzene rings is 3. The molecule has 0 bridgehead atoms. The molecule has 1 aliphatic rings. The first-order chi connectivity index (χ1) is 14.6. The first-order valence-corrected chi connectivity index (χ1v) is 9.60. The molecule has 0 spiro atoms. The maximum Gasteiger partial charge on any atom is 0.323 e. The molecule has 3 aromatic carbocycles. The smallest absolute Gasteiger partial charge is 0.323 e. The zero-order valence-corrected chi connectivity index (χ0v) is 16.5. The van der Waals surface area contributed by atoms with E-state index in [1.807, 2.05) is 18.2 Å². The third kappa shape index (κ3) is 4.64. The number of amides is 3. The summed E-state index contributed by atoms with van der Waals surface area (Å²) in [5.74, 6) is 0.516. The van der Waals surface area contributed by atoms with Gasteiger partial charge >= 0.3 is 6.03 Å². The molecule has 3 amide bonds. The van der Waals surface area contributed by atoms with Gasteiger partial charge in [-0.25, -0.2) is 4.79 Å². The fraction of sp³-hybridized carbons (Fsp3) is 0.0909. The average Bonchev–Trinajstić information content (AvgIpc) is 2.74. The second-order valence-electron chi connectivity index (χ2n) is 6.46. The van der Waals surface area contributed by atoms with Crippen molar-refractivity contribution in [3.05, 3.63) is 77.3 Å². The van der Waals surface area contributed by atoms with Crippen molar-refractivity contribution in [2.24, 2.45) is 0 Å². The Labute approximate surface area is 178 Å². The Bertz CT molecular complexity index is 1090. The summed E-state index contributed by atoms with van der Waals surface area (Å²) in [4.78, 5) is 24.8. The van der Waals surface area contributed by atoms with Crippen LogP contribution in [0.2, 0.25) is 5.02 Å². The molecule has 0 saturated heterocycles. The summed E-state index contributed by atoms with van der Waals surface area (Å²) in [5, 5.41) is 8.57. The number of rotatable bonds is 4. The topological polar surface area (TPSA) is 88.7 Å². The zero-order chi connectivity index (χ0) is 20.9. The fourth-order valence-electron chi connectivity index (χ4n) is 2.93. The molecule has 0 unspecified atom stereocenters. The zero-order valence-electron chi connectivity index (χ0n) is 15.8. The molecule has 0 aromatic heterocycles. The minimum atomic E-state index is -0.386. The van der Waals surface area contributed by atoms with E-state index in [9.17, 15) is 9.59 Å². The standard InChI is InChI=1S/C22H18ClN3O4/c23-18-11-14(12-19-20(18)30-10-9-29-19)21(27)24-16-7-4-8-17(13-16)26-22(28)25-15-5-2-1-3-6-15/h1-8,11-13H,9-10H2,(H,24,27)(H2,25,26,28). The quantitative estimate of drug-likeness (QED) is 0.550. The van der Waals surface area contributed by atoms with Gasteiger partial charge in [-0.05, 0) is 42.5 Å². The molecule has 8 heteroatoms. The predicted octanol–water partition coefficient (Wildman–Crippen LogP) is 5.01. The number of halogens is 1. The molecule has 0 radical (unpaired) electrons. The van der Waals surface area contributed by atoms with Crippen molar-refractivity contribution in [2.45, 2.75) is 0 Å². The van der Waals surface area contributed by atoms with Crippen LogP contribution in [0.15, 0.2) is 66.7 Å². The molecule has 1 aliphatic heterocycles. The number of carbonyl (C=O) groups is 2. The van der Waals surface area contributed by atoms with Gasteiger partial charge in [0, 0.05) is 22.6 Å². The Balaban J connectivity index is 1.43. The maximum absolute atomic E-state index is 12.7. The van der Waals surface area contributed by atoms with Crippen molar-refractivity contribution < 1.29 is 19.1 Å². The molecule has 0 fully saturated rings. The number of carbonyl (C=O) groups excluding carboxylic acids is 2. The van der Waals surface area contributed by atoms with Crippen LogP contribution in [-0.2, 0) is 0 Å². The van der Waals surface area contributed by atoms with Gasteiger partial charge in [-0.2, -0.15) is 0 Å². The van der Waals surface area contributed by atoms with Gasteiger partial charge in [-0.1, -0.05) is 35.9 Å². The minimum absolute atomic E-state index is 0.311. The Morgan fingerprint density at radius 1 is 0.767 bits per heavy atom. The first kappa shape index (κ1) is 19.6. The van der Waals surface area contributed by atoms with E-state index in [4.69, 9.17) is 21.1 Å². The van der Waals surface area contributed by atoms with Gasteiger partial charge in [0.05, 0.1) is 5.02 Å². The fourth-order valence-corrected chi connectivity index (χ4v) is 3.20. The Morgan fingerprint density at radius 2 is 1.43 bits per heavy atom. The number of fused-ring (bicyclic) bond motifs is 1. The van der Waals surface area contributed by atoms with Gasteiger partial charge in [0.1, 0.15) is 13.2 Å². The molecular weight excluding hydrogens is 406 g/mol. The lowest BCUT2D eigenvalue weighted by atomic mass is 10.1. The number of ether oxygens (including phenoxy) is 2. The Morgan fingerprint density at radius 3 is 2.23 bits per heavy atom. The van der Waals surface area contributed by atoms with Crippen LogP contribution in [0.5, 0.6) is 11.5 Å². The van der Waals surface area contributed by atoms with E-state index in [0.717, 1.165) is 0 Å². The Kier molecular flexibility index (Phi) is 5.72. The van der Waals surface area contributed by atoms with Crippen molar-refractivity contribution in [1.82, 2.24) is 0 Å². The van der Waals surface area contributed by atoms with Crippen LogP contribution < -0.4 is 25.4 Å². The van der Waals surface area contributed by atoms with Crippen molar-refractivity contribution in [3.63, 3.8) is 0 Å². The van der Waals surface area contributed by atoms with Crippen LogP contribution in [0.3, 0.4) is 0 Å². The van der Waals surface area contributed by atoms with Crippen molar-refractivity contribution in [3.8, 4) is 11.5 Å². The van der Waals surface area contributed by atoms with Crippen molar-refractivity contribution in [1.29, 1.82) is 0 Å². The average molecular weight is 424 g/mol. The summed E-state index contributed by atoms with van der Waals surface area (Å²) >= 11 is 6.20. The minimum Gasteiger partial charge on any atom is -0.486 e. The van der Waals surface area contributed by atoms with E-state index < -0.39 is 0 Å². The van der Waals surface area contributed by atoms with Gasteiger partial charge in [0.2, 0.25) is 0 Å². The van der Waals surface area contributed by atoms with Crippen LogP contribution in [0.25, 0.3) is 0 Å². The van der Waals surface area contributed by atoms with E-state index in [1.165, 1.54) is 6.07 Å². The molecule has 0 saturated carbocycles. The lowest BCUT2D eigenvalue weighted by molar-refractivity contribution is 0.102. The van der Waals surface area contributed by atoms with E-state index >= 15 is 0 Å². The second-order valence-corrected chi connectivity index (χ2v) is 6.87. The van der Waals surface area contributed by atoms with E-state index in [2.05, 4.69) is 16.0 Å². The lowest BCUT2D eigenvalue weighted by Crippen LogP contribution is -2.19. The first-order valence-electron chi connectivity index (χ1n) is 9.22. The van der Waals surface area contributed by atoms with Gasteiger partial charge in [-0.15, -0.1) is 0 Å². The van der Waals surface area contributed by atoms with Crippen LogP contribution in [0.1, 0.15) is 10.4 Å². The number of hydrogen-bond acceptors (Lipinski definition) is 4. The number of urea groups is 1. The Hall–Kier alpha value is -3.71. The van der Waals surface area contributed by atoms with Crippen LogP contribution in [-0.4, -0.2) is 25.2 Å². The maximum atomic E-state index is 12.7. The summed E-state index contributed by atoms with van der Waals surface area (Å²) in [6.45, 7) is 0.809. The van der Waals surface area contributed by atoms with Crippen molar-refractivity contribution >= 4 is 40.6 Å². The van der Waals surface area contributed by atoms with Crippen LogP contribution in [0.4, 0.5) is 21.9 Å². The van der Waals surface area contributed by atoms with E-state index in [1.54, 1.807) is 42.5 Å². The molecule has 0 aliphatic carbocycles. The summed E-state index contributed by atoms with van der Waals surface area (Å²) in [7, 11) is 0. The third-order valence-electron chi connectivity index (χ3n) is 4.27. The van der Waals surface area contributed by atoms with Gasteiger partial charge in [-0.3, -0.25) is 4.79 Å². The van der Waals surface area contributed by atoms with E-state index in [0.29, 0.717) is 52.4 Å². The molecular formula is C22H18ClN3O4. The summed E-state index contributed by atoms with van der Waals surface area (Å²) in [6, 6.07) is 18.7. The summed E-state index contributed by atoms with van der Waals surface area (Å²) < 4.78 is 11.0.